The number of carbonyl (C=O) groups excluding carboxylic acids is 1. The van der Waals surface area contributed by atoms with Gasteiger partial charge in [-0.1, -0.05) is 24.9 Å². The third kappa shape index (κ3) is 7.36. The van der Waals surface area contributed by atoms with Gasteiger partial charge in [0.1, 0.15) is 12.4 Å². The number of esters is 1. The second kappa shape index (κ2) is 9.61. The molecule has 0 aliphatic heterocycles. The molecule has 1 aromatic rings. The van der Waals surface area contributed by atoms with Gasteiger partial charge in [0, 0.05) is 11.6 Å². The highest BCUT2D eigenvalue weighted by Gasteiger charge is 2.07. The molecule has 4 nitrogen and oxygen atoms in total. The second-order valence-electron chi connectivity index (χ2n) is 4.61. The molecule has 0 heterocycles. The molecule has 0 spiro atoms. The summed E-state index contributed by atoms with van der Waals surface area (Å²) < 4.78 is 10.7. The predicted octanol–water partition coefficient (Wildman–Crippen LogP) is 2.99. The van der Waals surface area contributed by atoms with Gasteiger partial charge in [0.15, 0.2) is 0 Å². The van der Waals surface area contributed by atoms with Crippen molar-refractivity contribution >= 4 is 17.6 Å². The molecule has 1 aromatic carbocycles. The summed E-state index contributed by atoms with van der Waals surface area (Å²) in [6.45, 7) is 4.03. The van der Waals surface area contributed by atoms with Crippen molar-refractivity contribution in [1.29, 1.82) is 0 Å². The van der Waals surface area contributed by atoms with E-state index in [1.165, 1.54) is 0 Å². The molecule has 0 saturated heterocycles. The number of benzene rings is 1. The van der Waals surface area contributed by atoms with E-state index in [2.05, 4.69) is 6.92 Å². The molecule has 112 valence electrons. The van der Waals surface area contributed by atoms with Gasteiger partial charge >= 0.3 is 5.97 Å². The number of rotatable bonds is 9. The Morgan fingerprint density at radius 3 is 2.60 bits per heavy atom. The van der Waals surface area contributed by atoms with E-state index in [9.17, 15) is 4.79 Å². The monoisotopic (exact) mass is 299 g/mol. The third-order valence-electron chi connectivity index (χ3n) is 2.72. The lowest BCUT2D eigenvalue weighted by Crippen LogP contribution is -2.31. The van der Waals surface area contributed by atoms with Crippen molar-refractivity contribution in [2.24, 2.45) is 0 Å². The summed E-state index contributed by atoms with van der Waals surface area (Å²) in [5.41, 5.74) is 0. The van der Waals surface area contributed by atoms with Gasteiger partial charge in [-0.2, -0.15) is 0 Å². The molecule has 0 N–H and O–H groups in total. The van der Waals surface area contributed by atoms with Crippen molar-refractivity contribution in [2.75, 3.05) is 33.4 Å². The van der Waals surface area contributed by atoms with Gasteiger partial charge in [-0.25, -0.2) is 0 Å². The minimum absolute atomic E-state index is 0.188. The molecule has 0 bridgehead atoms. The fourth-order valence-corrected chi connectivity index (χ4v) is 1.65. The van der Waals surface area contributed by atoms with Crippen molar-refractivity contribution in [3.63, 3.8) is 0 Å². The van der Waals surface area contributed by atoms with E-state index in [-0.39, 0.29) is 12.5 Å². The first-order valence-electron chi connectivity index (χ1n) is 6.84. The topological polar surface area (TPSA) is 38.8 Å². The van der Waals surface area contributed by atoms with Crippen LogP contribution < -0.4 is 4.74 Å². The molecule has 0 aliphatic carbocycles. The Balaban J connectivity index is 2.14. The minimum atomic E-state index is -0.188. The minimum Gasteiger partial charge on any atom is -0.492 e. The zero-order chi connectivity index (χ0) is 14.8. The second-order valence-corrected chi connectivity index (χ2v) is 5.05. The van der Waals surface area contributed by atoms with Crippen molar-refractivity contribution in [2.45, 2.75) is 19.8 Å². The number of hydrogen-bond donors (Lipinski definition) is 0. The summed E-state index contributed by atoms with van der Waals surface area (Å²) in [6, 6.07) is 7.21. The quantitative estimate of drug-likeness (QED) is 0.519. The highest BCUT2D eigenvalue weighted by molar-refractivity contribution is 6.30. The first-order valence-corrected chi connectivity index (χ1v) is 7.22. The van der Waals surface area contributed by atoms with Gasteiger partial charge in [-0.05, 0) is 37.7 Å². The summed E-state index contributed by atoms with van der Waals surface area (Å²) in [5, 5.41) is 0.685. The van der Waals surface area contributed by atoms with Gasteiger partial charge in [0.2, 0.25) is 0 Å². The Kier molecular flexibility index (Phi) is 8.07. The van der Waals surface area contributed by atoms with Crippen LogP contribution in [0, 0.1) is 0 Å². The maximum atomic E-state index is 11.5. The van der Waals surface area contributed by atoms with Crippen LogP contribution >= 0.6 is 11.6 Å². The molecular formula is C15H22ClNO3. The van der Waals surface area contributed by atoms with Crippen LogP contribution in [0.4, 0.5) is 0 Å². The molecule has 0 fully saturated rings. The number of halogens is 1. The average Bonchev–Trinajstić information content (AvgIpc) is 2.41. The molecule has 0 amide bonds. The Morgan fingerprint density at radius 2 is 1.95 bits per heavy atom. The lowest BCUT2D eigenvalue weighted by Gasteiger charge is -2.16. The van der Waals surface area contributed by atoms with Crippen molar-refractivity contribution in [1.82, 2.24) is 4.90 Å². The number of likely N-dealkylation sites (N-methyl/N-ethyl adjacent to an activating group) is 1. The van der Waals surface area contributed by atoms with Crippen molar-refractivity contribution in [3.8, 4) is 5.75 Å². The summed E-state index contributed by atoms with van der Waals surface area (Å²) in [5.74, 6) is 0.584. The van der Waals surface area contributed by atoms with Crippen LogP contribution in [-0.2, 0) is 9.53 Å². The molecule has 0 aromatic heterocycles. The summed E-state index contributed by atoms with van der Waals surface area (Å²) in [4.78, 5) is 13.4. The zero-order valence-electron chi connectivity index (χ0n) is 12.1. The van der Waals surface area contributed by atoms with Crippen LogP contribution in [0.1, 0.15) is 19.8 Å². The van der Waals surface area contributed by atoms with Gasteiger partial charge < -0.3 is 9.47 Å². The lowest BCUT2D eigenvalue weighted by molar-refractivity contribution is -0.144. The zero-order valence-corrected chi connectivity index (χ0v) is 12.9. The van der Waals surface area contributed by atoms with Gasteiger partial charge in [0.25, 0.3) is 0 Å². The number of carbonyl (C=O) groups is 1. The normalized spacial score (nSPS) is 10.6. The molecule has 1 rings (SSSR count). The average molecular weight is 300 g/mol. The number of unbranched alkanes of at least 4 members (excludes halogenated alkanes) is 1. The van der Waals surface area contributed by atoms with Crippen LogP contribution in [-0.4, -0.2) is 44.2 Å². The van der Waals surface area contributed by atoms with E-state index >= 15 is 0 Å². The van der Waals surface area contributed by atoms with E-state index in [4.69, 9.17) is 21.1 Å². The summed E-state index contributed by atoms with van der Waals surface area (Å²) in [7, 11) is 1.87. The van der Waals surface area contributed by atoms with Crippen LogP contribution in [0.15, 0.2) is 24.3 Å². The largest absolute Gasteiger partial charge is 0.492 e. The van der Waals surface area contributed by atoms with Crippen LogP contribution in [0.5, 0.6) is 5.75 Å². The highest BCUT2D eigenvalue weighted by atomic mass is 35.5. The van der Waals surface area contributed by atoms with E-state index < -0.39 is 0 Å². The molecule has 0 atom stereocenters. The van der Waals surface area contributed by atoms with Crippen LogP contribution in [0.3, 0.4) is 0 Å². The van der Waals surface area contributed by atoms with Gasteiger partial charge in [-0.15, -0.1) is 0 Å². The fraction of sp³-hybridized carbons (Fsp3) is 0.533. The predicted molar refractivity (Wildman–Crippen MR) is 80.3 cm³/mol. The lowest BCUT2D eigenvalue weighted by atomic mass is 10.3. The molecule has 5 heteroatoms. The molecule has 0 aliphatic rings. The molecule has 0 saturated carbocycles. The Hall–Kier alpha value is -1.26. The number of ether oxygens (including phenoxy) is 2. The molecule has 0 radical (unpaired) electrons. The maximum absolute atomic E-state index is 11.5. The number of nitrogens with zero attached hydrogens (tertiary/aromatic N) is 1. The van der Waals surface area contributed by atoms with E-state index in [0.717, 1.165) is 18.6 Å². The van der Waals surface area contributed by atoms with E-state index in [0.29, 0.717) is 24.8 Å². The first-order chi connectivity index (χ1) is 9.61. The fourth-order valence-electron chi connectivity index (χ4n) is 1.53. The van der Waals surface area contributed by atoms with Gasteiger partial charge in [0.05, 0.1) is 13.2 Å². The Bertz CT molecular complexity index is 395. The number of hydrogen-bond acceptors (Lipinski definition) is 4. The smallest absolute Gasteiger partial charge is 0.320 e. The first kappa shape index (κ1) is 16.8. The maximum Gasteiger partial charge on any atom is 0.320 e. The standard InChI is InChI=1S/C15H22ClNO3/c1-3-4-10-20-15(18)12-17(2)9-11-19-14-7-5-13(16)6-8-14/h5-8H,3-4,9-12H2,1-2H3. The molecule has 20 heavy (non-hydrogen) atoms. The third-order valence-corrected chi connectivity index (χ3v) is 2.97. The Morgan fingerprint density at radius 1 is 1.25 bits per heavy atom. The molecular weight excluding hydrogens is 278 g/mol. The highest BCUT2D eigenvalue weighted by Crippen LogP contribution is 2.15. The summed E-state index contributed by atoms with van der Waals surface area (Å²) in [6.07, 6.45) is 1.94. The van der Waals surface area contributed by atoms with Crippen LogP contribution in [0.2, 0.25) is 5.02 Å². The van der Waals surface area contributed by atoms with Crippen molar-refractivity contribution in [3.05, 3.63) is 29.3 Å². The summed E-state index contributed by atoms with van der Waals surface area (Å²) >= 11 is 5.79. The van der Waals surface area contributed by atoms with Crippen molar-refractivity contribution < 1.29 is 14.3 Å². The van der Waals surface area contributed by atoms with E-state index in [1.807, 2.05) is 24.1 Å². The molecule has 0 unspecified atom stereocenters. The Labute approximate surface area is 125 Å². The SMILES string of the molecule is CCCCOC(=O)CN(C)CCOc1ccc(Cl)cc1. The van der Waals surface area contributed by atoms with Gasteiger partial charge in [-0.3, -0.25) is 9.69 Å². The van der Waals surface area contributed by atoms with E-state index in [1.54, 1.807) is 12.1 Å². The van der Waals surface area contributed by atoms with Crippen LogP contribution in [0.25, 0.3) is 0 Å².